The fraction of sp³-hybridized carbons (Fsp3) is 1.00. The van der Waals surface area contributed by atoms with Crippen LogP contribution in [0.25, 0.3) is 0 Å². The van der Waals surface area contributed by atoms with E-state index in [1.807, 2.05) is 0 Å². The number of hydrogen-bond donors (Lipinski definition) is 0. The first-order valence-electron chi connectivity index (χ1n) is 4.81. The molecule has 0 unspecified atom stereocenters. The van der Waals surface area contributed by atoms with Gasteiger partial charge >= 0.3 is 0 Å². The van der Waals surface area contributed by atoms with Crippen molar-refractivity contribution in [2.45, 2.75) is 59.0 Å². The Hall–Kier alpha value is -0.0400. The maximum Gasteiger partial charge on any atom is 0.00665 e. The zero-order chi connectivity index (χ0) is 8.85. The fourth-order valence-electron chi connectivity index (χ4n) is 1.21. The monoisotopic (exact) mass is 157 g/mol. The van der Waals surface area contributed by atoms with Crippen LogP contribution < -0.4 is 0 Å². The standard InChI is InChI=1S/C10H23N/c1-6-7-8-10(4)11(5)9(2)3/h9-10H,6-8H2,1-5H3/t10-/m1/s1. The van der Waals surface area contributed by atoms with Gasteiger partial charge in [-0.1, -0.05) is 19.8 Å². The Morgan fingerprint density at radius 3 is 2.09 bits per heavy atom. The van der Waals surface area contributed by atoms with Crippen molar-refractivity contribution in [2.24, 2.45) is 0 Å². The second-order valence-electron chi connectivity index (χ2n) is 3.75. The fourth-order valence-corrected chi connectivity index (χ4v) is 1.21. The highest BCUT2D eigenvalue weighted by atomic mass is 15.1. The Morgan fingerprint density at radius 1 is 1.18 bits per heavy atom. The third kappa shape index (κ3) is 4.41. The zero-order valence-corrected chi connectivity index (χ0v) is 8.72. The van der Waals surface area contributed by atoms with Crippen LogP contribution in [0, 0.1) is 0 Å². The minimum absolute atomic E-state index is 0.682. The lowest BCUT2D eigenvalue weighted by molar-refractivity contribution is 0.196. The van der Waals surface area contributed by atoms with Gasteiger partial charge in [-0.2, -0.15) is 0 Å². The molecule has 0 bridgehead atoms. The molecule has 0 aromatic carbocycles. The van der Waals surface area contributed by atoms with E-state index in [2.05, 4.69) is 39.6 Å². The lowest BCUT2D eigenvalue weighted by Gasteiger charge is -2.28. The largest absolute Gasteiger partial charge is 0.301 e. The van der Waals surface area contributed by atoms with Crippen LogP contribution >= 0.6 is 0 Å². The van der Waals surface area contributed by atoms with Crippen LogP contribution in [0.5, 0.6) is 0 Å². The lowest BCUT2D eigenvalue weighted by atomic mass is 10.1. The molecule has 0 fully saturated rings. The molecule has 0 amide bonds. The molecule has 0 aromatic heterocycles. The molecule has 1 nitrogen and oxygen atoms in total. The van der Waals surface area contributed by atoms with Crippen LogP contribution in [0.15, 0.2) is 0 Å². The van der Waals surface area contributed by atoms with Gasteiger partial charge in [0.1, 0.15) is 0 Å². The molecular formula is C10H23N. The van der Waals surface area contributed by atoms with Gasteiger partial charge in [0.05, 0.1) is 0 Å². The Labute approximate surface area is 71.8 Å². The summed E-state index contributed by atoms with van der Waals surface area (Å²) < 4.78 is 0. The van der Waals surface area contributed by atoms with E-state index >= 15 is 0 Å². The van der Waals surface area contributed by atoms with Gasteiger partial charge in [-0.3, -0.25) is 0 Å². The van der Waals surface area contributed by atoms with Crippen LogP contribution in [-0.2, 0) is 0 Å². The molecular weight excluding hydrogens is 134 g/mol. The van der Waals surface area contributed by atoms with Gasteiger partial charge in [-0.25, -0.2) is 0 Å². The molecule has 0 spiro atoms. The van der Waals surface area contributed by atoms with E-state index in [4.69, 9.17) is 0 Å². The van der Waals surface area contributed by atoms with Crippen molar-refractivity contribution in [3.63, 3.8) is 0 Å². The van der Waals surface area contributed by atoms with E-state index in [0.29, 0.717) is 6.04 Å². The number of nitrogens with zero attached hydrogens (tertiary/aromatic N) is 1. The third-order valence-corrected chi connectivity index (χ3v) is 2.49. The highest BCUT2D eigenvalue weighted by Gasteiger charge is 2.10. The number of unbranched alkanes of at least 4 members (excludes halogenated alkanes) is 1. The summed E-state index contributed by atoms with van der Waals surface area (Å²) in [6, 6.07) is 1.43. The highest BCUT2D eigenvalue weighted by molar-refractivity contribution is 4.66. The van der Waals surface area contributed by atoms with Gasteiger partial charge < -0.3 is 4.90 Å². The maximum absolute atomic E-state index is 2.44. The minimum atomic E-state index is 0.682. The molecule has 0 saturated carbocycles. The smallest absolute Gasteiger partial charge is 0.00665 e. The molecule has 0 rings (SSSR count). The molecule has 0 aliphatic carbocycles. The molecule has 0 N–H and O–H groups in total. The Bertz CT molecular complexity index is 88.9. The van der Waals surface area contributed by atoms with Crippen LogP contribution in [0.1, 0.15) is 47.0 Å². The quantitative estimate of drug-likeness (QED) is 0.593. The average molecular weight is 157 g/mol. The van der Waals surface area contributed by atoms with Crippen molar-refractivity contribution in [3.8, 4) is 0 Å². The summed E-state index contributed by atoms with van der Waals surface area (Å²) >= 11 is 0. The first kappa shape index (κ1) is 11.0. The van der Waals surface area contributed by atoms with Crippen molar-refractivity contribution in [1.29, 1.82) is 0 Å². The van der Waals surface area contributed by atoms with E-state index in [1.165, 1.54) is 19.3 Å². The molecule has 68 valence electrons. The van der Waals surface area contributed by atoms with Gasteiger partial charge in [-0.15, -0.1) is 0 Å². The zero-order valence-electron chi connectivity index (χ0n) is 8.72. The highest BCUT2D eigenvalue weighted by Crippen LogP contribution is 2.08. The predicted octanol–water partition coefficient (Wildman–Crippen LogP) is 2.91. The second kappa shape index (κ2) is 5.59. The summed E-state index contributed by atoms with van der Waals surface area (Å²) in [6.45, 7) is 9.07. The van der Waals surface area contributed by atoms with Gasteiger partial charge in [0.15, 0.2) is 0 Å². The van der Waals surface area contributed by atoms with E-state index in [0.717, 1.165) is 6.04 Å². The number of hydrogen-bond acceptors (Lipinski definition) is 1. The van der Waals surface area contributed by atoms with Crippen LogP contribution in [0.4, 0.5) is 0 Å². The van der Waals surface area contributed by atoms with Crippen molar-refractivity contribution < 1.29 is 0 Å². The van der Waals surface area contributed by atoms with E-state index in [-0.39, 0.29) is 0 Å². The van der Waals surface area contributed by atoms with Crippen LogP contribution in [0.3, 0.4) is 0 Å². The van der Waals surface area contributed by atoms with Crippen molar-refractivity contribution in [2.75, 3.05) is 7.05 Å². The summed E-state index contributed by atoms with van der Waals surface area (Å²) in [6.07, 6.45) is 4.01. The van der Waals surface area contributed by atoms with Crippen LogP contribution in [-0.4, -0.2) is 24.0 Å². The SMILES string of the molecule is CCCC[C@@H](C)N(C)C(C)C. The molecule has 0 radical (unpaired) electrons. The molecule has 1 atom stereocenters. The van der Waals surface area contributed by atoms with Crippen LogP contribution in [0.2, 0.25) is 0 Å². The summed E-state index contributed by atoms with van der Waals surface area (Å²) in [7, 11) is 2.21. The minimum Gasteiger partial charge on any atom is -0.301 e. The van der Waals surface area contributed by atoms with E-state index in [1.54, 1.807) is 0 Å². The van der Waals surface area contributed by atoms with Gasteiger partial charge in [-0.05, 0) is 34.2 Å². The summed E-state index contributed by atoms with van der Waals surface area (Å²) in [4.78, 5) is 2.44. The van der Waals surface area contributed by atoms with E-state index < -0.39 is 0 Å². The Kier molecular flexibility index (Phi) is 5.57. The summed E-state index contributed by atoms with van der Waals surface area (Å²) in [5, 5.41) is 0. The molecule has 0 saturated heterocycles. The number of rotatable bonds is 5. The molecule has 11 heavy (non-hydrogen) atoms. The topological polar surface area (TPSA) is 3.24 Å². The first-order valence-corrected chi connectivity index (χ1v) is 4.81. The Balaban J connectivity index is 3.55. The van der Waals surface area contributed by atoms with Gasteiger partial charge in [0.2, 0.25) is 0 Å². The summed E-state index contributed by atoms with van der Waals surface area (Å²) in [5.74, 6) is 0. The third-order valence-electron chi connectivity index (χ3n) is 2.49. The second-order valence-corrected chi connectivity index (χ2v) is 3.75. The van der Waals surface area contributed by atoms with Gasteiger partial charge in [0.25, 0.3) is 0 Å². The Morgan fingerprint density at radius 2 is 1.73 bits per heavy atom. The molecule has 0 aromatic rings. The van der Waals surface area contributed by atoms with Crippen molar-refractivity contribution in [3.05, 3.63) is 0 Å². The van der Waals surface area contributed by atoms with Gasteiger partial charge in [0, 0.05) is 12.1 Å². The van der Waals surface area contributed by atoms with Crippen molar-refractivity contribution in [1.82, 2.24) is 4.90 Å². The molecule has 0 aliphatic rings. The summed E-state index contributed by atoms with van der Waals surface area (Å²) in [5.41, 5.74) is 0. The molecule has 0 heterocycles. The van der Waals surface area contributed by atoms with Crippen molar-refractivity contribution >= 4 is 0 Å². The average Bonchev–Trinajstić information content (AvgIpc) is 1.98. The normalized spacial score (nSPS) is 14.5. The lowest BCUT2D eigenvalue weighted by Crippen LogP contribution is -2.34. The molecule has 0 aliphatic heterocycles. The molecule has 1 heteroatoms. The first-order chi connectivity index (χ1) is 5.09. The predicted molar refractivity (Wildman–Crippen MR) is 51.9 cm³/mol. The maximum atomic E-state index is 2.44. The van der Waals surface area contributed by atoms with E-state index in [9.17, 15) is 0 Å².